The molecule has 2 aromatic heterocycles. The van der Waals surface area contributed by atoms with Crippen molar-refractivity contribution in [2.24, 2.45) is 5.92 Å². The Balaban J connectivity index is 1.37. The first-order chi connectivity index (χ1) is 14.2. The van der Waals surface area contributed by atoms with E-state index >= 15 is 0 Å². The van der Waals surface area contributed by atoms with Gasteiger partial charge in [0.2, 0.25) is 5.91 Å². The van der Waals surface area contributed by atoms with Crippen LogP contribution in [0.25, 0.3) is 11.3 Å². The number of carbonyl (C=O) groups excluding carboxylic acids is 1. The van der Waals surface area contributed by atoms with Crippen LogP contribution in [0.5, 0.6) is 0 Å². The van der Waals surface area contributed by atoms with Crippen LogP contribution < -0.4 is 10.2 Å². The summed E-state index contributed by atoms with van der Waals surface area (Å²) >= 11 is 0. The van der Waals surface area contributed by atoms with Crippen molar-refractivity contribution in [1.82, 2.24) is 20.5 Å². The van der Waals surface area contributed by atoms with E-state index in [4.69, 9.17) is 0 Å². The summed E-state index contributed by atoms with van der Waals surface area (Å²) in [5.41, 5.74) is 2.35. The van der Waals surface area contributed by atoms with Gasteiger partial charge in [0.25, 0.3) is 0 Å². The maximum atomic E-state index is 13.1. The van der Waals surface area contributed by atoms with E-state index in [1.54, 1.807) is 18.3 Å². The first-order valence-electron chi connectivity index (χ1n) is 9.71. The lowest BCUT2D eigenvalue weighted by molar-refractivity contribution is -0.125. The number of carbonyl (C=O) groups is 1. The monoisotopic (exact) mass is 391 g/mol. The van der Waals surface area contributed by atoms with E-state index < -0.39 is 0 Å². The molecule has 0 saturated carbocycles. The summed E-state index contributed by atoms with van der Waals surface area (Å²) in [4.78, 5) is 18.9. The Hall–Kier alpha value is -3.35. The molecular formula is C22H22FN5O. The molecule has 0 radical (unpaired) electrons. The fourth-order valence-corrected chi connectivity index (χ4v) is 3.49. The molecule has 6 nitrogen and oxygen atoms in total. The lowest BCUT2D eigenvalue weighted by Crippen LogP contribution is -2.43. The first-order valence-corrected chi connectivity index (χ1v) is 9.71. The number of piperidine rings is 1. The Bertz CT molecular complexity index is 947. The average Bonchev–Trinajstić information content (AvgIpc) is 2.79. The van der Waals surface area contributed by atoms with E-state index in [-0.39, 0.29) is 17.6 Å². The highest BCUT2D eigenvalue weighted by Crippen LogP contribution is 2.23. The highest BCUT2D eigenvalue weighted by atomic mass is 19.1. The molecule has 4 rings (SSSR count). The topological polar surface area (TPSA) is 71.0 Å². The number of amides is 1. The highest BCUT2D eigenvalue weighted by Gasteiger charge is 2.26. The molecule has 1 amide bonds. The van der Waals surface area contributed by atoms with Crippen molar-refractivity contribution < 1.29 is 9.18 Å². The zero-order valence-corrected chi connectivity index (χ0v) is 16.0. The highest BCUT2D eigenvalue weighted by molar-refractivity contribution is 5.79. The van der Waals surface area contributed by atoms with Gasteiger partial charge in [0, 0.05) is 24.8 Å². The van der Waals surface area contributed by atoms with Crippen molar-refractivity contribution in [3.05, 3.63) is 72.3 Å². The lowest BCUT2D eigenvalue weighted by atomic mass is 9.97. The van der Waals surface area contributed by atoms with Gasteiger partial charge in [-0.1, -0.05) is 6.07 Å². The Morgan fingerprint density at radius 1 is 1.10 bits per heavy atom. The van der Waals surface area contributed by atoms with Gasteiger partial charge in [0.1, 0.15) is 5.82 Å². The lowest BCUT2D eigenvalue weighted by Gasteiger charge is -2.32. The van der Waals surface area contributed by atoms with E-state index in [1.165, 1.54) is 12.1 Å². The standard InChI is InChI=1S/C22H22FN5O/c23-18-8-6-16(7-9-18)20-10-11-21(27-26-20)28-13-3-4-17(15-28)22(29)25-14-19-5-1-2-12-24-19/h1-2,5-12,17H,3-4,13-15H2,(H,25,29). The molecule has 1 aliphatic heterocycles. The number of nitrogens with zero attached hydrogens (tertiary/aromatic N) is 4. The molecule has 1 N–H and O–H groups in total. The minimum Gasteiger partial charge on any atom is -0.354 e. The van der Waals surface area contributed by atoms with Crippen LogP contribution in [0.3, 0.4) is 0 Å². The number of hydrogen-bond acceptors (Lipinski definition) is 5. The fraction of sp³-hybridized carbons (Fsp3) is 0.273. The van der Waals surface area contributed by atoms with Crippen LogP contribution in [0.1, 0.15) is 18.5 Å². The van der Waals surface area contributed by atoms with E-state index in [0.29, 0.717) is 18.8 Å². The van der Waals surface area contributed by atoms with Crippen LogP contribution in [0, 0.1) is 11.7 Å². The molecule has 1 saturated heterocycles. The fourth-order valence-electron chi connectivity index (χ4n) is 3.49. The van der Waals surface area contributed by atoms with Crippen LogP contribution in [-0.4, -0.2) is 34.2 Å². The number of nitrogens with one attached hydrogen (secondary N) is 1. The van der Waals surface area contributed by atoms with Crippen LogP contribution >= 0.6 is 0 Å². The van der Waals surface area contributed by atoms with Crippen LogP contribution in [0.15, 0.2) is 60.8 Å². The maximum Gasteiger partial charge on any atom is 0.225 e. The number of hydrogen-bond donors (Lipinski definition) is 1. The molecule has 29 heavy (non-hydrogen) atoms. The first kappa shape index (κ1) is 19.0. The Morgan fingerprint density at radius 3 is 2.69 bits per heavy atom. The van der Waals surface area contributed by atoms with Crippen LogP contribution in [0.2, 0.25) is 0 Å². The van der Waals surface area contributed by atoms with Crippen molar-refractivity contribution in [3.8, 4) is 11.3 Å². The van der Waals surface area contributed by atoms with Crippen molar-refractivity contribution in [1.29, 1.82) is 0 Å². The molecule has 3 aromatic rings. The van der Waals surface area contributed by atoms with Crippen molar-refractivity contribution in [3.63, 3.8) is 0 Å². The molecular weight excluding hydrogens is 369 g/mol. The second-order valence-corrected chi connectivity index (χ2v) is 7.11. The Morgan fingerprint density at radius 2 is 1.97 bits per heavy atom. The molecule has 1 fully saturated rings. The van der Waals surface area contributed by atoms with Gasteiger partial charge >= 0.3 is 0 Å². The number of halogens is 1. The quantitative estimate of drug-likeness (QED) is 0.723. The maximum absolute atomic E-state index is 13.1. The smallest absolute Gasteiger partial charge is 0.225 e. The third-order valence-corrected chi connectivity index (χ3v) is 5.08. The van der Waals surface area contributed by atoms with Crippen LogP contribution in [-0.2, 0) is 11.3 Å². The van der Waals surface area contributed by atoms with Gasteiger partial charge in [0.15, 0.2) is 5.82 Å². The van der Waals surface area contributed by atoms with Crippen molar-refractivity contribution >= 4 is 11.7 Å². The second-order valence-electron chi connectivity index (χ2n) is 7.11. The summed E-state index contributed by atoms with van der Waals surface area (Å²) < 4.78 is 13.1. The molecule has 1 aliphatic rings. The molecule has 1 aromatic carbocycles. The van der Waals surface area contributed by atoms with Gasteiger partial charge in [-0.05, 0) is 61.4 Å². The molecule has 7 heteroatoms. The number of pyridine rings is 1. The molecule has 0 aliphatic carbocycles. The zero-order chi connectivity index (χ0) is 20.1. The minimum absolute atomic E-state index is 0.0382. The zero-order valence-electron chi connectivity index (χ0n) is 16.0. The Labute approximate surface area is 168 Å². The summed E-state index contributed by atoms with van der Waals surface area (Å²) in [6.45, 7) is 1.88. The van der Waals surface area contributed by atoms with Gasteiger partial charge in [-0.2, -0.15) is 0 Å². The van der Waals surface area contributed by atoms with E-state index in [1.807, 2.05) is 30.3 Å². The predicted molar refractivity (Wildman–Crippen MR) is 108 cm³/mol. The van der Waals surface area contributed by atoms with Gasteiger partial charge in [0.05, 0.1) is 23.9 Å². The number of aromatic nitrogens is 3. The molecule has 0 bridgehead atoms. The molecule has 3 heterocycles. The molecule has 0 spiro atoms. The summed E-state index contributed by atoms with van der Waals surface area (Å²) in [5, 5.41) is 11.6. The second kappa shape index (κ2) is 8.77. The Kier molecular flexibility index (Phi) is 5.74. The van der Waals surface area contributed by atoms with E-state index in [0.717, 1.165) is 36.5 Å². The number of benzene rings is 1. The van der Waals surface area contributed by atoms with E-state index in [2.05, 4.69) is 25.4 Å². The number of rotatable bonds is 5. The van der Waals surface area contributed by atoms with Crippen molar-refractivity contribution in [2.75, 3.05) is 18.0 Å². The van der Waals surface area contributed by atoms with Gasteiger partial charge in [-0.25, -0.2) is 4.39 Å². The normalized spacial score (nSPS) is 16.4. The van der Waals surface area contributed by atoms with Gasteiger partial charge in [-0.15, -0.1) is 10.2 Å². The van der Waals surface area contributed by atoms with Gasteiger partial charge in [-0.3, -0.25) is 9.78 Å². The third kappa shape index (κ3) is 4.74. The molecule has 1 unspecified atom stereocenters. The van der Waals surface area contributed by atoms with Crippen LogP contribution in [0.4, 0.5) is 10.2 Å². The third-order valence-electron chi connectivity index (χ3n) is 5.08. The molecule has 148 valence electrons. The predicted octanol–water partition coefficient (Wildman–Crippen LogP) is 3.21. The molecule has 1 atom stereocenters. The minimum atomic E-state index is -0.279. The number of anilines is 1. The summed E-state index contributed by atoms with van der Waals surface area (Å²) in [6, 6.07) is 15.6. The average molecular weight is 391 g/mol. The SMILES string of the molecule is O=C(NCc1ccccn1)C1CCCN(c2ccc(-c3ccc(F)cc3)nn2)C1. The summed E-state index contributed by atoms with van der Waals surface area (Å²) in [7, 11) is 0. The van der Waals surface area contributed by atoms with Crippen molar-refractivity contribution in [2.45, 2.75) is 19.4 Å². The summed E-state index contributed by atoms with van der Waals surface area (Å²) in [5.74, 6) is 0.416. The summed E-state index contributed by atoms with van der Waals surface area (Å²) in [6.07, 6.45) is 3.49. The van der Waals surface area contributed by atoms with E-state index in [9.17, 15) is 9.18 Å². The largest absolute Gasteiger partial charge is 0.354 e. The van der Waals surface area contributed by atoms with Gasteiger partial charge < -0.3 is 10.2 Å².